The van der Waals surface area contributed by atoms with Gasteiger partial charge in [-0.15, -0.1) is 0 Å². The van der Waals surface area contributed by atoms with Gasteiger partial charge in [-0.1, -0.05) is 5.16 Å². The number of methoxy groups -OCH3 is 1. The molecule has 0 aliphatic rings. The summed E-state index contributed by atoms with van der Waals surface area (Å²) in [4.78, 5) is 8.26. The molecule has 0 spiro atoms. The number of aryl methyl sites for hydroxylation is 1. The average molecular weight is 237 g/mol. The Hall–Kier alpha value is -1.73. The van der Waals surface area contributed by atoms with Crippen LogP contribution in [0.3, 0.4) is 0 Å². The molecule has 2 aromatic heterocycles. The van der Waals surface area contributed by atoms with E-state index in [4.69, 9.17) is 15.0 Å². The molecule has 17 heavy (non-hydrogen) atoms. The lowest BCUT2D eigenvalue weighted by molar-refractivity contribution is 0.176. The SMILES string of the molecule is COCC(N)Cc1nc(-c2cncn2C)no1. The third-order valence-electron chi connectivity index (χ3n) is 2.33. The molecule has 0 aliphatic carbocycles. The number of imidazole rings is 1. The fourth-order valence-electron chi connectivity index (χ4n) is 1.51. The number of aromatic nitrogens is 4. The molecule has 2 N–H and O–H groups in total. The zero-order chi connectivity index (χ0) is 12.3. The van der Waals surface area contributed by atoms with Gasteiger partial charge in [-0.25, -0.2) is 4.98 Å². The van der Waals surface area contributed by atoms with Crippen LogP contribution in [-0.4, -0.2) is 39.5 Å². The van der Waals surface area contributed by atoms with E-state index in [2.05, 4.69) is 15.1 Å². The van der Waals surface area contributed by atoms with Gasteiger partial charge in [-0.3, -0.25) is 0 Å². The Morgan fingerprint density at radius 2 is 2.41 bits per heavy atom. The Kier molecular flexibility index (Phi) is 3.50. The zero-order valence-electron chi connectivity index (χ0n) is 9.83. The minimum atomic E-state index is -0.139. The smallest absolute Gasteiger partial charge is 0.228 e. The third kappa shape index (κ3) is 2.69. The molecule has 0 aliphatic heterocycles. The number of hydrogen-bond acceptors (Lipinski definition) is 6. The average Bonchev–Trinajstić information content (AvgIpc) is 2.87. The van der Waals surface area contributed by atoms with Crippen LogP contribution in [0.4, 0.5) is 0 Å². The second kappa shape index (κ2) is 5.07. The van der Waals surface area contributed by atoms with Gasteiger partial charge >= 0.3 is 0 Å². The maximum absolute atomic E-state index is 5.80. The van der Waals surface area contributed by atoms with Crippen molar-refractivity contribution in [2.24, 2.45) is 12.8 Å². The molecule has 2 heterocycles. The molecule has 0 bridgehead atoms. The standard InChI is InChI=1S/C10H15N5O2/c1-15-6-12-4-8(15)10-13-9(17-14-10)3-7(11)5-16-2/h4,6-7H,3,5,11H2,1-2H3. The third-order valence-corrected chi connectivity index (χ3v) is 2.33. The molecule has 1 unspecified atom stereocenters. The first kappa shape index (κ1) is 11.7. The molecule has 0 saturated heterocycles. The van der Waals surface area contributed by atoms with Gasteiger partial charge in [0.05, 0.1) is 19.1 Å². The summed E-state index contributed by atoms with van der Waals surface area (Å²) in [5, 5.41) is 3.89. The Bertz CT molecular complexity index is 479. The maximum Gasteiger partial charge on any atom is 0.228 e. The highest BCUT2D eigenvalue weighted by atomic mass is 16.5. The van der Waals surface area contributed by atoms with Crippen molar-refractivity contribution in [3.8, 4) is 11.5 Å². The van der Waals surface area contributed by atoms with Crippen molar-refractivity contribution in [2.75, 3.05) is 13.7 Å². The summed E-state index contributed by atoms with van der Waals surface area (Å²) in [6.45, 7) is 0.462. The molecular weight excluding hydrogens is 222 g/mol. The second-order valence-electron chi connectivity index (χ2n) is 3.82. The van der Waals surface area contributed by atoms with Gasteiger partial charge in [0.1, 0.15) is 5.69 Å². The van der Waals surface area contributed by atoms with Gasteiger partial charge in [0.25, 0.3) is 0 Å². The van der Waals surface area contributed by atoms with Crippen LogP contribution in [0.25, 0.3) is 11.5 Å². The summed E-state index contributed by atoms with van der Waals surface area (Å²) in [5.74, 6) is 1.02. The lowest BCUT2D eigenvalue weighted by Crippen LogP contribution is -2.28. The van der Waals surface area contributed by atoms with Crippen molar-refractivity contribution >= 4 is 0 Å². The quantitative estimate of drug-likeness (QED) is 0.786. The monoisotopic (exact) mass is 237 g/mol. The molecular formula is C10H15N5O2. The number of nitrogens with two attached hydrogens (primary N) is 1. The second-order valence-corrected chi connectivity index (χ2v) is 3.82. The van der Waals surface area contributed by atoms with E-state index in [1.54, 1.807) is 19.6 Å². The van der Waals surface area contributed by atoms with E-state index in [0.717, 1.165) is 5.69 Å². The summed E-state index contributed by atoms with van der Waals surface area (Å²) in [6.07, 6.45) is 3.87. The first-order valence-electron chi connectivity index (χ1n) is 5.24. The van der Waals surface area contributed by atoms with Gasteiger partial charge in [0.15, 0.2) is 0 Å². The minimum absolute atomic E-state index is 0.139. The topological polar surface area (TPSA) is 92.0 Å². The summed E-state index contributed by atoms with van der Waals surface area (Å²) in [6, 6.07) is -0.139. The molecule has 92 valence electrons. The van der Waals surface area contributed by atoms with Crippen LogP contribution < -0.4 is 5.73 Å². The molecule has 7 nitrogen and oxygen atoms in total. The summed E-state index contributed by atoms with van der Waals surface area (Å²) in [5.41, 5.74) is 6.61. The van der Waals surface area contributed by atoms with E-state index < -0.39 is 0 Å². The molecule has 0 saturated carbocycles. The lowest BCUT2D eigenvalue weighted by Gasteiger charge is -2.05. The lowest BCUT2D eigenvalue weighted by atomic mass is 10.2. The Morgan fingerprint density at radius 3 is 3.06 bits per heavy atom. The number of ether oxygens (including phenoxy) is 1. The minimum Gasteiger partial charge on any atom is -0.383 e. The van der Waals surface area contributed by atoms with Crippen LogP contribution in [-0.2, 0) is 18.2 Å². The van der Waals surface area contributed by atoms with Crippen LogP contribution >= 0.6 is 0 Å². The van der Waals surface area contributed by atoms with Crippen LogP contribution in [0, 0.1) is 0 Å². The highest BCUT2D eigenvalue weighted by molar-refractivity contribution is 5.46. The highest BCUT2D eigenvalue weighted by Crippen LogP contribution is 2.14. The van der Waals surface area contributed by atoms with E-state index in [9.17, 15) is 0 Å². The van der Waals surface area contributed by atoms with Crippen LogP contribution in [0.1, 0.15) is 5.89 Å². The zero-order valence-corrected chi connectivity index (χ0v) is 9.83. The maximum atomic E-state index is 5.80. The highest BCUT2D eigenvalue weighted by Gasteiger charge is 2.14. The fourth-order valence-corrected chi connectivity index (χ4v) is 1.51. The van der Waals surface area contributed by atoms with E-state index in [1.165, 1.54) is 0 Å². The first-order valence-corrected chi connectivity index (χ1v) is 5.24. The predicted molar refractivity (Wildman–Crippen MR) is 60.1 cm³/mol. The van der Waals surface area contributed by atoms with Gasteiger partial charge in [0, 0.05) is 26.6 Å². The largest absolute Gasteiger partial charge is 0.383 e. The van der Waals surface area contributed by atoms with Gasteiger partial charge in [-0.2, -0.15) is 4.98 Å². The molecule has 0 aromatic carbocycles. The van der Waals surface area contributed by atoms with E-state index in [-0.39, 0.29) is 6.04 Å². The molecule has 7 heteroatoms. The summed E-state index contributed by atoms with van der Waals surface area (Å²) >= 11 is 0. The van der Waals surface area contributed by atoms with E-state index in [0.29, 0.717) is 24.7 Å². The van der Waals surface area contributed by atoms with Crippen LogP contribution in [0.5, 0.6) is 0 Å². The Labute approximate surface area is 98.6 Å². The van der Waals surface area contributed by atoms with Crippen molar-refractivity contribution in [2.45, 2.75) is 12.5 Å². The molecule has 1 atom stereocenters. The van der Waals surface area contributed by atoms with Crippen molar-refractivity contribution in [3.05, 3.63) is 18.4 Å². The van der Waals surface area contributed by atoms with Crippen molar-refractivity contribution < 1.29 is 9.26 Å². The van der Waals surface area contributed by atoms with Crippen LogP contribution in [0.2, 0.25) is 0 Å². The van der Waals surface area contributed by atoms with Crippen LogP contribution in [0.15, 0.2) is 17.0 Å². The molecule has 0 amide bonds. The number of rotatable bonds is 5. The van der Waals surface area contributed by atoms with Crippen molar-refractivity contribution in [1.82, 2.24) is 19.7 Å². The molecule has 2 aromatic rings. The Morgan fingerprint density at radius 1 is 1.59 bits per heavy atom. The Balaban J connectivity index is 2.09. The molecule has 0 radical (unpaired) electrons. The van der Waals surface area contributed by atoms with Crippen molar-refractivity contribution in [3.63, 3.8) is 0 Å². The number of nitrogens with zero attached hydrogens (tertiary/aromatic N) is 4. The number of hydrogen-bond donors (Lipinski definition) is 1. The predicted octanol–water partition coefficient (Wildman–Crippen LogP) is -0.0137. The summed E-state index contributed by atoms with van der Waals surface area (Å²) in [7, 11) is 3.48. The van der Waals surface area contributed by atoms with E-state index >= 15 is 0 Å². The van der Waals surface area contributed by atoms with Gasteiger partial charge in [0.2, 0.25) is 11.7 Å². The van der Waals surface area contributed by atoms with E-state index in [1.807, 2.05) is 11.6 Å². The summed E-state index contributed by atoms with van der Waals surface area (Å²) < 4.78 is 11.9. The molecule has 2 rings (SSSR count). The van der Waals surface area contributed by atoms with Gasteiger partial charge < -0.3 is 19.6 Å². The molecule has 0 fully saturated rings. The van der Waals surface area contributed by atoms with Crippen molar-refractivity contribution in [1.29, 1.82) is 0 Å². The normalized spacial score (nSPS) is 12.9. The van der Waals surface area contributed by atoms with Gasteiger partial charge in [-0.05, 0) is 0 Å². The fraction of sp³-hybridized carbons (Fsp3) is 0.500. The first-order chi connectivity index (χ1) is 8.20.